The van der Waals surface area contributed by atoms with Crippen LogP contribution in [-0.4, -0.2) is 25.6 Å². The number of esters is 1. The summed E-state index contributed by atoms with van der Waals surface area (Å²) in [6.45, 7) is 6.09. The van der Waals surface area contributed by atoms with E-state index in [1.54, 1.807) is 19.3 Å². The van der Waals surface area contributed by atoms with Gasteiger partial charge in [0.1, 0.15) is 6.61 Å². The molecule has 2 aromatic rings. The highest BCUT2D eigenvalue weighted by molar-refractivity contribution is 14.1. The van der Waals surface area contributed by atoms with Crippen LogP contribution in [0.2, 0.25) is 0 Å². The molecule has 0 spiro atoms. The van der Waals surface area contributed by atoms with Crippen LogP contribution in [0.4, 0.5) is 0 Å². The first-order chi connectivity index (χ1) is 13.4. The van der Waals surface area contributed by atoms with Crippen molar-refractivity contribution in [3.05, 3.63) is 73.4 Å². The van der Waals surface area contributed by atoms with Gasteiger partial charge in [0.15, 0.2) is 17.2 Å². The second kappa shape index (κ2) is 8.91. The Hall–Kier alpha value is -2.13. The maximum absolute atomic E-state index is 12.2. The fourth-order valence-electron chi connectivity index (χ4n) is 2.47. The number of nitrogens with zero attached hydrogens (tertiary/aromatic N) is 1. The molecule has 5 nitrogen and oxygen atoms in total. The summed E-state index contributed by atoms with van der Waals surface area (Å²) in [6, 6.07) is 11.2. The van der Waals surface area contributed by atoms with E-state index in [0.717, 1.165) is 20.3 Å². The molecule has 1 aliphatic rings. The fourth-order valence-corrected chi connectivity index (χ4v) is 3.59. The van der Waals surface area contributed by atoms with Gasteiger partial charge in [-0.15, -0.1) is 0 Å². The van der Waals surface area contributed by atoms with Gasteiger partial charge in [0.2, 0.25) is 5.90 Å². The molecule has 0 aliphatic carbocycles. The first-order valence-corrected chi connectivity index (χ1v) is 10.2. The van der Waals surface area contributed by atoms with E-state index in [4.69, 9.17) is 14.2 Å². The van der Waals surface area contributed by atoms with E-state index in [9.17, 15) is 4.79 Å². The topological polar surface area (TPSA) is 57.1 Å². The van der Waals surface area contributed by atoms with Crippen LogP contribution in [0.15, 0.2) is 63.7 Å². The Morgan fingerprint density at radius 2 is 2.14 bits per heavy atom. The number of cyclic esters (lactones) is 1. The van der Waals surface area contributed by atoms with Gasteiger partial charge in [-0.2, -0.15) is 0 Å². The molecule has 1 heterocycles. The Labute approximate surface area is 185 Å². The van der Waals surface area contributed by atoms with Gasteiger partial charge in [0.25, 0.3) is 0 Å². The molecule has 0 fully saturated rings. The van der Waals surface area contributed by atoms with Gasteiger partial charge in [-0.1, -0.05) is 12.6 Å². The number of ether oxygens (including phenoxy) is 3. The van der Waals surface area contributed by atoms with Crippen molar-refractivity contribution >= 4 is 56.5 Å². The van der Waals surface area contributed by atoms with E-state index in [0.29, 0.717) is 28.5 Å². The molecule has 1 aliphatic heterocycles. The fraction of sp³-hybridized carbons (Fsp3) is 0.143. The lowest BCUT2D eigenvalue weighted by molar-refractivity contribution is -0.129. The molecule has 0 bridgehead atoms. The van der Waals surface area contributed by atoms with Crippen LogP contribution in [0.3, 0.4) is 0 Å². The van der Waals surface area contributed by atoms with E-state index in [1.165, 1.54) is 0 Å². The summed E-state index contributed by atoms with van der Waals surface area (Å²) in [7, 11) is 1.56. The van der Waals surface area contributed by atoms with Crippen LogP contribution >= 0.6 is 38.5 Å². The van der Waals surface area contributed by atoms with Gasteiger partial charge < -0.3 is 14.2 Å². The van der Waals surface area contributed by atoms with Gasteiger partial charge in [0.05, 0.1) is 11.6 Å². The third-order valence-electron chi connectivity index (χ3n) is 3.71. The zero-order valence-corrected chi connectivity index (χ0v) is 19.0. The summed E-state index contributed by atoms with van der Waals surface area (Å²) in [6.07, 6.45) is 1.65. The Morgan fingerprint density at radius 3 is 2.82 bits per heavy atom. The lowest BCUT2D eigenvalue weighted by atomic mass is 10.1. The molecule has 0 amide bonds. The minimum absolute atomic E-state index is 0.221. The maximum atomic E-state index is 12.2. The van der Waals surface area contributed by atoms with Crippen molar-refractivity contribution in [2.75, 3.05) is 13.7 Å². The van der Waals surface area contributed by atoms with Crippen molar-refractivity contribution in [1.82, 2.24) is 0 Å². The summed E-state index contributed by atoms with van der Waals surface area (Å²) >= 11 is 5.69. The average Bonchev–Trinajstić information content (AvgIpc) is 3.01. The third-order valence-corrected chi connectivity index (χ3v) is 4.97. The van der Waals surface area contributed by atoms with Crippen LogP contribution in [0.5, 0.6) is 11.5 Å². The zero-order valence-electron chi connectivity index (χ0n) is 15.3. The standard InChI is InChI=1S/C21H17BrINO4/c1-12(2)11-27-19-16(22)7-13(9-18(19)26-3)8-17-21(25)28-20(24-17)14-5-4-6-15(23)10-14/h4-10H,1,11H2,2-3H3. The highest BCUT2D eigenvalue weighted by atomic mass is 127. The van der Waals surface area contributed by atoms with Gasteiger partial charge in [-0.05, 0) is 93.0 Å². The van der Waals surface area contributed by atoms with Gasteiger partial charge in [0, 0.05) is 9.13 Å². The van der Waals surface area contributed by atoms with Crippen LogP contribution in [0.1, 0.15) is 18.1 Å². The highest BCUT2D eigenvalue weighted by Crippen LogP contribution is 2.37. The minimum Gasteiger partial charge on any atom is -0.493 e. The summed E-state index contributed by atoms with van der Waals surface area (Å²) in [5.74, 6) is 0.911. The Kier molecular flexibility index (Phi) is 6.56. The van der Waals surface area contributed by atoms with Crippen molar-refractivity contribution in [3.63, 3.8) is 0 Å². The summed E-state index contributed by atoms with van der Waals surface area (Å²) in [5, 5.41) is 0. The Morgan fingerprint density at radius 1 is 1.36 bits per heavy atom. The normalized spacial score (nSPS) is 14.6. The molecule has 28 heavy (non-hydrogen) atoms. The number of carbonyl (C=O) groups excluding carboxylic acids is 1. The molecule has 0 atom stereocenters. The quantitative estimate of drug-likeness (QED) is 0.209. The largest absolute Gasteiger partial charge is 0.493 e. The number of hydrogen-bond acceptors (Lipinski definition) is 5. The number of halogens is 2. The van der Waals surface area contributed by atoms with Gasteiger partial charge in [-0.25, -0.2) is 9.79 Å². The summed E-state index contributed by atoms with van der Waals surface area (Å²) < 4.78 is 18.2. The molecule has 144 valence electrons. The SMILES string of the molecule is C=C(C)COc1c(Br)cc(C=C2N=C(c3cccc(I)c3)OC2=O)cc1OC. The smallest absolute Gasteiger partial charge is 0.363 e. The van der Waals surface area contributed by atoms with E-state index >= 15 is 0 Å². The molecular weight excluding hydrogens is 537 g/mol. The van der Waals surface area contributed by atoms with Crippen molar-refractivity contribution < 1.29 is 19.0 Å². The molecule has 0 saturated heterocycles. The molecule has 7 heteroatoms. The van der Waals surface area contributed by atoms with Crippen LogP contribution in [0.25, 0.3) is 6.08 Å². The first kappa shape index (κ1) is 20.6. The molecule has 0 saturated carbocycles. The number of carbonyl (C=O) groups is 1. The second-order valence-corrected chi connectivity index (χ2v) is 8.23. The van der Waals surface area contributed by atoms with Crippen LogP contribution < -0.4 is 9.47 Å². The maximum Gasteiger partial charge on any atom is 0.363 e. The highest BCUT2D eigenvalue weighted by Gasteiger charge is 2.24. The van der Waals surface area contributed by atoms with E-state index in [-0.39, 0.29) is 5.70 Å². The number of methoxy groups -OCH3 is 1. The average molecular weight is 554 g/mol. The monoisotopic (exact) mass is 553 g/mol. The van der Waals surface area contributed by atoms with Crippen molar-refractivity contribution in [3.8, 4) is 11.5 Å². The van der Waals surface area contributed by atoms with E-state index in [2.05, 4.69) is 50.1 Å². The van der Waals surface area contributed by atoms with Crippen molar-refractivity contribution in [2.45, 2.75) is 6.92 Å². The van der Waals surface area contributed by atoms with E-state index < -0.39 is 5.97 Å². The van der Waals surface area contributed by atoms with Gasteiger partial charge in [-0.3, -0.25) is 0 Å². The molecule has 0 unspecified atom stereocenters. The zero-order chi connectivity index (χ0) is 20.3. The van der Waals surface area contributed by atoms with Gasteiger partial charge >= 0.3 is 5.97 Å². The molecule has 3 rings (SSSR count). The molecule has 2 aromatic carbocycles. The third kappa shape index (κ3) is 4.82. The second-order valence-electron chi connectivity index (χ2n) is 6.13. The molecule has 0 radical (unpaired) electrons. The van der Waals surface area contributed by atoms with Crippen LogP contribution in [-0.2, 0) is 9.53 Å². The Bertz CT molecular complexity index is 1010. The van der Waals surface area contributed by atoms with Crippen molar-refractivity contribution in [1.29, 1.82) is 0 Å². The first-order valence-electron chi connectivity index (χ1n) is 8.30. The Balaban J connectivity index is 1.93. The molecular formula is C21H17BrINO4. The number of aliphatic imine (C=N–C) groups is 1. The minimum atomic E-state index is -0.494. The summed E-state index contributed by atoms with van der Waals surface area (Å²) in [4.78, 5) is 16.6. The predicted octanol–water partition coefficient (Wildman–Crippen LogP) is 5.36. The molecule has 0 aromatic heterocycles. The molecule has 0 N–H and O–H groups in total. The van der Waals surface area contributed by atoms with Crippen molar-refractivity contribution in [2.24, 2.45) is 4.99 Å². The predicted molar refractivity (Wildman–Crippen MR) is 121 cm³/mol. The number of benzene rings is 2. The van der Waals surface area contributed by atoms with E-state index in [1.807, 2.05) is 37.3 Å². The number of hydrogen-bond donors (Lipinski definition) is 0. The summed E-state index contributed by atoms with van der Waals surface area (Å²) in [5.41, 5.74) is 2.60. The lowest BCUT2D eigenvalue weighted by Gasteiger charge is -2.13. The van der Waals surface area contributed by atoms with Crippen LogP contribution in [0, 0.1) is 3.57 Å². The number of rotatable bonds is 6. The lowest BCUT2D eigenvalue weighted by Crippen LogP contribution is -2.05.